The van der Waals surface area contributed by atoms with Crippen molar-refractivity contribution >= 4 is 0 Å². The molecule has 1 unspecified atom stereocenters. The van der Waals surface area contributed by atoms with Gasteiger partial charge in [-0.15, -0.1) is 0 Å². The molecule has 2 atom stereocenters. The van der Waals surface area contributed by atoms with Crippen LogP contribution in [0.25, 0.3) is 0 Å². The van der Waals surface area contributed by atoms with Crippen molar-refractivity contribution < 1.29 is 9.84 Å². The summed E-state index contributed by atoms with van der Waals surface area (Å²) in [4.78, 5) is 0. The Hall–Kier alpha value is -0.120. The Morgan fingerprint density at radius 2 is 2.00 bits per heavy atom. The second-order valence-corrected chi connectivity index (χ2v) is 2.77. The van der Waals surface area contributed by atoms with Crippen molar-refractivity contribution in [3.8, 4) is 0 Å². The molecule has 0 aliphatic rings. The van der Waals surface area contributed by atoms with Gasteiger partial charge in [-0.25, -0.2) is 0 Å². The van der Waals surface area contributed by atoms with E-state index in [4.69, 9.17) is 9.84 Å². The van der Waals surface area contributed by atoms with Crippen molar-refractivity contribution in [1.29, 1.82) is 0 Å². The van der Waals surface area contributed by atoms with Gasteiger partial charge in [0.1, 0.15) is 0 Å². The van der Waals surface area contributed by atoms with E-state index in [0.717, 1.165) is 13.2 Å². The van der Waals surface area contributed by atoms with Crippen LogP contribution in [0.5, 0.6) is 0 Å². The molecule has 0 aromatic heterocycles. The summed E-state index contributed by atoms with van der Waals surface area (Å²) in [7, 11) is 0. The van der Waals surface area contributed by atoms with E-state index >= 15 is 0 Å². The van der Waals surface area contributed by atoms with Crippen LogP contribution in [0.3, 0.4) is 0 Å². The first-order valence-corrected chi connectivity index (χ1v) is 4.17. The van der Waals surface area contributed by atoms with Gasteiger partial charge in [0.25, 0.3) is 0 Å². The maximum absolute atomic E-state index is 8.89. The molecule has 0 rings (SSSR count). The lowest BCUT2D eigenvalue weighted by Gasteiger charge is -2.13. The lowest BCUT2D eigenvalue weighted by molar-refractivity contribution is 0.0732. The molecule has 0 fully saturated rings. The zero-order chi connectivity index (χ0) is 8.69. The van der Waals surface area contributed by atoms with Crippen LogP contribution in [0.15, 0.2) is 0 Å². The van der Waals surface area contributed by atoms with Crippen molar-refractivity contribution in [1.82, 2.24) is 5.32 Å². The maximum Gasteiger partial charge on any atom is 0.0671 e. The fourth-order valence-corrected chi connectivity index (χ4v) is 0.839. The van der Waals surface area contributed by atoms with Gasteiger partial charge in [-0.05, 0) is 20.8 Å². The molecule has 0 spiro atoms. The zero-order valence-electron chi connectivity index (χ0n) is 7.63. The number of rotatable bonds is 6. The van der Waals surface area contributed by atoms with Gasteiger partial charge in [0, 0.05) is 19.7 Å². The van der Waals surface area contributed by atoms with Crippen LogP contribution in [0.1, 0.15) is 20.8 Å². The van der Waals surface area contributed by atoms with E-state index in [1.54, 1.807) is 6.92 Å². The molecular weight excluding hydrogens is 142 g/mol. The first-order valence-electron chi connectivity index (χ1n) is 4.17. The predicted octanol–water partition coefficient (Wildman–Crippen LogP) is 0.382. The molecule has 0 aromatic carbocycles. The lowest BCUT2D eigenvalue weighted by atomic mass is 10.3. The zero-order valence-corrected chi connectivity index (χ0v) is 7.63. The van der Waals surface area contributed by atoms with E-state index in [0.29, 0.717) is 6.54 Å². The highest BCUT2D eigenvalue weighted by atomic mass is 16.5. The highest BCUT2D eigenvalue weighted by Crippen LogP contribution is 1.87. The van der Waals surface area contributed by atoms with E-state index in [2.05, 4.69) is 5.32 Å². The minimum absolute atomic E-state index is 0.235. The summed E-state index contributed by atoms with van der Waals surface area (Å²) < 4.78 is 5.28. The molecule has 11 heavy (non-hydrogen) atoms. The number of hydrogen-bond acceptors (Lipinski definition) is 3. The summed E-state index contributed by atoms with van der Waals surface area (Å²) in [6.07, 6.45) is -0.0393. The molecule has 0 bridgehead atoms. The monoisotopic (exact) mass is 161 g/mol. The Balaban J connectivity index is 3.10. The first-order chi connectivity index (χ1) is 5.16. The topological polar surface area (TPSA) is 41.5 Å². The third kappa shape index (κ3) is 7.78. The van der Waals surface area contributed by atoms with Crippen LogP contribution in [0.2, 0.25) is 0 Å². The molecule has 3 nitrogen and oxygen atoms in total. The van der Waals surface area contributed by atoms with Gasteiger partial charge in [0.2, 0.25) is 0 Å². The Bertz CT molecular complexity index is 86.2. The fourth-order valence-electron chi connectivity index (χ4n) is 0.839. The van der Waals surface area contributed by atoms with E-state index in [9.17, 15) is 0 Å². The van der Waals surface area contributed by atoms with E-state index in [1.807, 2.05) is 13.8 Å². The van der Waals surface area contributed by atoms with Crippen molar-refractivity contribution in [2.45, 2.75) is 33.0 Å². The van der Waals surface area contributed by atoms with Crippen molar-refractivity contribution in [2.75, 3.05) is 19.7 Å². The SMILES string of the molecule is CCOC(C)CNC[C@H](C)O. The summed E-state index contributed by atoms with van der Waals surface area (Å²) in [5.41, 5.74) is 0. The normalized spacial score (nSPS) is 16.4. The standard InChI is InChI=1S/C8H19NO2/c1-4-11-8(3)6-9-5-7(2)10/h7-10H,4-6H2,1-3H3/t7-,8?/m0/s1. The van der Waals surface area contributed by atoms with Gasteiger partial charge in [0.15, 0.2) is 0 Å². The van der Waals surface area contributed by atoms with Crippen LogP contribution in [0, 0.1) is 0 Å². The van der Waals surface area contributed by atoms with E-state index in [-0.39, 0.29) is 12.2 Å². The van der Waals surface area contributed by atoms with Gasteiger partial charge in [0.05, 0.1) is 12.2 Å². The predicted molar refractivity (Wildman–Crippen MR) is 45.6 cm³/mol. The number of aliphatic hydroxyl groups excluding tert-OH is 1. The Kier molecular flexibility index (Phi) is 6.51. The average molecular weight is 161 g/mol. The second-order valence-electron chi connectivity index (χ2n) is 2.77. The van der Waals surface area contributed by atoms with Crippen LogP contribution < -0.4 is 5.32 Å². The van der Waals surface area contributed by atoms with E-state index < -0.39 is 0 Å². The Morgan fingerprint density at radius 3 is 2.45 bits per heavy atom. The number of aliphatic hydroxyl groups is 1. The van der Waals surface area contributed by atoms with Gasteiger partial charge in [-0.1, -0.05) is 0 Å². The molecule has 0 aromatic rings. The minimum atomic E-state index is -0.274. The van der Waals surface area contributed by atoms with Crippen LogP contribution in [-0.2, 0) is 4.74 Å². The third-order valence-corrected chi connectivity index (χ3v) is 1.32. The smallest absolute Gasteiger partial charge is 0.0671 e. The molecule has 0 saturated heterocycles. The largest absolute Gasteiger partial charge is 0.392 e. The van der Waals surface area contributed by atoms with Gasteiger partial charge < -0.3 is 15.2 Å². The summed E-state index contributed by atoms with van der Waals surface area (Å²) in [5.74, 6) is 0. The summed E-state index contributed by atoms with van der Waals surface area (Å²) in [6.45, 7) is 7.94. The highest BCUT2D eigenvalue weighted by Gasteiger charge is 2.00. The molecule has 0 aliphatic heterocycles. The minimum Gasteiger partial charge on any atom is -0.392 e. The van der Waals surface area contributed by atoms with Gasteiger partial charge in [-0.3, -0.25) is 0 Å². The van der Waals surface area contributed by atoms with Crippen molar-refractivity contribution in [3.63, 3.8) is 0 Å². The average Bonchev–Trinajstić information content (AvgIpc) is 1.87. The molecule has 0 amide bonds. The summed E-state index contributed by atoms with van der Waals surface area (Å²) in [6, 6.07) is 0. The second kappa shape index (κ2) is 6.58. The summed E-state index contributed by atoms with van der Waals surface area (Å²) >= 11 is 0. The maximum atomic E-state index is 8.89. The highest BCUT2D eigenvalue weighted by molar-refractivity contribution is 4.57. The molecular formula is C8H19NO2. The van der Waals surface area contributed by atoms with Crippen LogP contribution in [0.4, 0.5) is 0 Å². The molecule has 2 N–H and O–H groups in total. The van der Waals surface area contributed by atoms with E-state index in [1.165, 1.54) is 0 Å². The Morgan fingerprint density at radius 1 is 1.36 bits per heavy atom. The van der Waals surface area contributed by atoms with Crippen molar-refractivity contribution in [3.05, 3.63) is 0 Å². The van der Waals surface area contributed by atoms with Crippen molar-refractivity contribution in [2.24, 2.45) is 0 Å². The third-order valence-electron chi connectivity index (χ3n) is 1.32. The molecule has 68 valence electrons. The number of ether oxygens (including phenoxy) is 1. The molecule has 0 saturated carbocycles. The number of hydrogen-bond donors (Lipinski definition) is 2. The number of nitrogens with one attached hydrogen (secondary N) is 1. The van der Waals surface area contributed by atoms with Gasteiger partial charge in [-0.2, -0.15) is 0 Å². The molecule has 0 heterocycles. The lowest BCUT2D eigenvalue weighted by Crippen LogP contribution is -2.32. The fraction of sp³-hybridized carbons (Fsp3) is 1.00. The van der Waals surface area contributed by atoms with Crippen LogP contribution >= 0.6 is 0 Å². The Labute approximate surface area is 68.8 Å². The molecule has 3 heteroatoms. The van der Waals surface area contributed by atoms with Gasteiger partial charge >= 0.3 is 0 Å². The quantitative estimate of drug-likeness (QED) is 0.592. The van der Waals surface area contributed by atoms with Crippen LogP contribution in [-0.4, -0.2) is 37.0 Å². The first kappa shape index (κ1) is 10.9. The molecule has 0 radical (unpaired) electrons. The summed E-state index contributed by atoms with van der Waals surface area (Å²) in [5, 5.41) is 12.0. The molecule has 0 aliphatic carbocycles.